The van der Waals surface area contributed by atoms with Crippen LogP contribution in [-0.2, 0) is 9.53 Å². The molecule has 0 aromatic rings. The zero-order valence-corrected chi connectivity index (χ0v) is 11.1. The lowest BCUT2D eigenvalue weighted by Gasteiger charge is -2.25. The van der Waals surface area contributed by atoms with Crippen molar-refractivity contribution in [3.8, 4) is 0 Å². The van der Waals surface area contributed by atoms with Crippen molar-refractivity contribution in [3.63, 3.8) is 0 Å². The first-order chi connectivity index (χ1) is 7.46. The predicted octanol–water partition coefficient (Wildman–Crippen LogP) is 2.36. The highest BCUT2D eigenvalue weighted by molar-refractivity contribution is 5.80. The van der Waals surface area contributed by atoms with Crippen LogP contribution in [0.5, 0.6) is 0 Å². The van der Waals surface area contributed by atoms with Crippen LogP contribution in [-0.4, -0.2) is 26.2 Å². The Morgan fingerprint density at radius 2 is 2.06 bits per heavy atom. The third kappa shape index (κ3) is 3.48. The molecule has 16 heavy (non-hydrogen) atoms. The summed E-state index contributed by atoms with van der Waals surface area (Å²) in [5, 5.41) is 3.43. The molecule has 0 saturated heterocycles. The Morgan fingerprint density at radius 1 is 1.44 bits per heavy atom. The van der Waals surface area contributed by atoms with E-state index in [1.165, 1.54) is 20.0 Å². The van der Waals surface area contributed by atoms with E-state index in [-0.39, 0.29) is 11.4 Å². The predicted molar refractivity (Wildman–Crippen MR) is 65.2 cm³/mol. The quantitative estimate of drug-likeness (QED) is 0.678. The van der Waals surface area contributed by atoms with Gasteiger partial charge in [0.1, 0.15) is 0 Å². The summed E-state index contributed by atoms with van der Waals surface area (Å²) in [6, 6.07) is 0. The van der Waals surface area contributed by atoms with E-state index in [2.05, 4.69) is 26.1 Å². The monoisotopic (exact) mass is 227 g/mol. The molecule has 0 radical (unpaired) electrons. The van der Waals surface area contributed by atoms with Crippen molar-refractivity contribution in [2.45, 2.75) is 46.5 Å². The third-order valence-corrected chi connectivity index (χ3v) is 3.47. The minimum atomic E-state index is -0.197. The normalized spacial score (nSPS) is 18.2. The standard InChI is InChI=1S/C13H25NO2/c1-5-6-12(2,3)9-14-10-13(7-8-13)11(15)16-4/h14H,5-10H2,1-4H3. The fourth-order valence-corrected chi connectivity index (χ4v) is 2.23. The van der Waals surface area contributed by atoms with Crippen LogP contribution < -0.4 is 5.32 Å². The molecule has 0 bridgehead atoms. The Hall–Kier alpha value is -0.570. The number of carbonyl (C=O) groups excluding carboxylic acids is 1. The van der Waals surface area contributed by atoms with Crippen LogP contribution in [0, 0.1) is 10.8 Å². The van der Waals surface area contributed by atoms with E-state index < -0.39 is 0 Å². The van der Waals surface area contributed by atoms with Gasteiger partial charge in [-0.15, -0.1) is 0 Å². The van der Waals surface area contributed by atoms with E-state index in [9.17, 15) is 4.79 Å². The molecule has 0 atom stereocenters. The number of esters is 1. The Labute approximate surface area is 98.9 Å². The Balaban J connectivity index is 2.28. The Morgan fingerprint density at radius 3 is 2.50 bits per heavy atom. The van der Waals surface area contributed by atoms with E-state index in [1.807, 2.05) is 0 Å². The van der Waals surface area contributed by atoms with Crippen LogP contribution in [0.25, 0.3) is 0 Å². The maximum absolute atomic E-state index is 11.5. The van der Waals surface area contributed by atoms with Crippen molar-refractivity contribution in [2.75, 3.05) is 20.2 Å². The number of rotatable bonds is 7. The van der Waals surface area contributed by atoms with Crippen molar-refractivity contribution in [1.82, 2.24) is 5.32 Å². The maximum atomic E-state index is 11.5. The second-order valence-electron chi connectivity index (χ2n) is 5.79. The van der Waals surface area contributed by atoms with E-state index in [0.717, 1.165) is 25.9 Å². The molecule has 0 aromatic carbocycles. The fraction of sp³-hybridized carbons (Fsp3) is 0.923. The molecule has 1 N–H and O–H groups in total. The molecule has 1 aliphatic rings. The van der Waals surface area contributed by atoms with Gasteiger partial charge >= 0.3 is 5.97 Å². The highest BCUT2D eigenvalue weighted by Gasteiger charge is 2.50. The van der Waals surface area contributed by atoms with Crippen LogP contribution >= 0.6 is 0 Å². The average molecular weight is 227 g/mol. The highest BCUT2D eigenvalue weighted by Crippen LogP contribution is 2.46. The molecule has 0 heterocycles. The number of hydrogen-bond donors (Lipinski definition) is 1. The van der Waals surface area contributed by atoms with Crippen LogP contribution in [0.3, 0.4) is 0 Å². The van der Waals surface area contributed by atoms with Crippen molar-refractivity contribution in [3.05, 3.63) is 0 Å². The molecule has 0 aliphatic heterocycles. The molecule has 1 rings (SSSR count). The van der Waals surface area contributed by atoms with Crippen LogP contribution in [0.15, 0.2) is 0 Å². The fourth-order valence-electron chi connectivity index (χ4n) is 2.23. The molecule has 3 heteroatoms. The van der Waals surface area contributed by atoms with Gasteiger partial charge in [-0.05, 0) is 24.7 Å². The summed E-state index contributed by atoms with van der Waals surface area (Å²) in [5.41, 5.74) is 0.123. The second kappa shape index (κ2) is 5.17. The summed E-state index contributed by atoms with van der Waals surface area (Å²) in [6.07, 6.45) is 4.36. The summed E-state index contributed by atoms with van der Waals surface area (Å²) in [5.74, 6) is -0.0479. The van der Waals surface area contributed by atoms with Gasteiger partial charge in [-0.1, -0.05) is 27.2 Å². The zero-order chi connectivity index (χ0) is 12.2. The molecule has 0 aromatic heterocycles. The van der Waals surface area contributed by atoms with Crippen molar-refractivity contribution < 1.29 is 9.53 Å². The lowest BCUT2D eigenvalue weighted by molar-refractivity contribution is -0.146. The van der Waals surface area contributed by atoms with E-state index in [0.29, 0.717) is 5.41 Å². The lowest BCUT2D eigenvalue weighted by atomic mass is 9.88. The number of nitrogens with one attached hydrogen (secondary N) is 1. The maximum Gasteiger partial charge on any atom is 0.313 e. The average Bonchev–Trinajstić information content (AvgIpc) is 2.97. The van der Waals surface area contributed by atoms with Gasteiger partial charge in [0.15, 0.2) is 0 Å². The minimum Gasteiger partial charge on any atom is -0.469 e. The molecule has 94 valence electrons. The van der Waals surface area contributed by atoms with Gasteiger partial charge in [-0.3, -0.25) is 4.79 Å². The van der Waals surface area contributed by atoms with Crippen molar-refractivity contribution in [1.29, 1.82) is 0 Å². The zero-order valence-electron chi connectivity index (χ0n) is 11.1. The molecule has 3 nitrogen and oxygen atoms in total. The molecule has 0 unspecified atom stereocenters. The SMILES string of the molecule is CCCC(C)(C)CNCC1(C(=O)OC)CC1. The number of ether oxygens (including phenoxy) is 1. The first kappa shape index (κ1) is 13.5. The lowest BCUT2D eigenvalue weighted by Crippen LogP contribution is -2.36. The summed E-state index contributed by atoms with van der Waals surface area (Å²) >= 11 is 0. The van der Waals surface area contributed by atoms with Crippen LogP contribution in [0.1, 0.15) is 46.5 Å². The molecule has 1 aliphatic carbocycles. The first-order valence-corrected chi connectivity index (χ1v) is 6.25. The van der Waals surface area contributed by atoms with Gasteiger partial charge in [0.05, 0.1) is 12.5 Å². The van der Waals surface area contributed by atoms with Gasteiger partial charge in [0, 0.05) is 13.1 Å². The summed E-state index contributed by atoms with van der Waals surface area (Å²) in [6.45, 7) is 8.48. The Kier molecular flexibility index (Phi) is 4.36. The second-order valence-corrected chi connectivity index (χ2v) is 5.79. The van der Waals surface area contributed by atoms with E-state index in [1.54, 1.807) is 0 Å². The molecule has 1 saturated carbocycles. The summed E-state index contributed by atoms with van der Waals surface area (Å²) in [7, 11) is 1.48. The number of methoxy groups -OCH3 is 1. The van der Waals surface area contributed by atoms with Crippen LogP contribution in [0.2, 0.25) is 0 Å². The van der Waals surface area contributed by atoms with Gasteiger partial charge in [-0.25, -0.2) is 0 Å². The molecule has 0 spiro atoms. The highest BCUT2D eigenvalue weighted by atomic mass is 16.5. The number of hydrogen-bond acceptors (Lipinski definition) is 3. The van der Waals surface area contributed by atoms with Crippen molar-refractivity contribution >= 4 is 5.97 Å². The van der Waals surface area contributed by atoms with Crippen molar-refractivity contribution in [2.24, 2.45) is 10.8 Å². The van der Waals surface area contributed by atoms with Gasteiger partial charge in [-0.2, -0.15) is 0 Å². The Bertz CT molecular complexity index is 244. The molecule has 1 fully saturated rings. The first-order valence-electron chi connectivity index (χ1n) is 6.25. The van der Waals surface area contributed by atoms with E-state index in [4.69, 9.17) is 4.74 Å². The van der Waals surface area contributed by atoms with Gasteiger partial charge < -0.3 is 10.1 Å². The van der Waals surface area contributed by atoms with E-state index >= 15 is 0 Å². The molecular formula is C13H25NO2. The largest absolute Gasteiger partial charge is 0.469 e. The third-order valence-electron chi connectivity index (χ3n) is 3.47. The summed E-state index contributed by atoms with van der Waals surface area (Å²) in [4.78, 5) is 11.5. The number of carbonyl (C=O) groups is 1. The molecule has 0 amide bonds. The summed E-state index contributed by atoms with van der Waals surface area (Å²) < 4.78 is 4.83. The van der Waals surface area contributed by atoms with Crippen LogP contribution in [0.4, 0.5) is 0 Å². The topological polar surface area (TPSA) is 38.3 Å². The van der Waals surface area contributed by atoms with Gasteiger partial charge in [0.25, 0.3) is 0 Å². The van der Waals surface area contributed by atoms with Gasteiger partial charge in [0.2, 0.25) is 0 Å². The molecular weight excluding hydrogens is 202 g/mol. The smallest absolute Gasteiger partial charge is 0.313 e. The minimum absolute atomic E-state index is 0.0479.